The van der Waals surface area contributed by atoms with E-state index < -0.39 is 0 Å². The summed E-state index contributed by atoms with van der Waals surface area (Å²) >= 11 is 0. The largest absolute Gasteiger partial charge is 0.378 e. The Kier molecular flexibility index (Phi) is 7.81. The molecule has 1 saturated heterocycles. The third-order valence-corrected chi connectivity index (χ3v) is 3.18. The van der Waals surface area contributed by atoms with Crippen LogP contribution in [0.3, 0.4) is 0 Å². The zero-order valence-electron chi connectivity index (χ0n) is 11.0. The molecule has 0 aromatic heterocycles. The van der Waals surface area contributed by atoms with Gasteiger partial charge in [-0.2, -0.15) is 0 Å². The van der Waals surface area contributed by atoms with Gasteiger partial charge in [-0.3, -0.25) is 0 Å². The first kappa shape index (κ1) is 13.9. The predicted molar refractivity (Wildman–Crippen MR) is 71.0 cm³/mol. The van der Waals surface area contributed by atoms with E-state index in [1.165, 1.54) is 38.9 Å². The van der Waals surface area contributed by atoms with E-state index in [-0.39, 0.29) is 1.43 Å². The van der Waals surface area contributed by atoms with Crippen LogP contribution in [0.4, 0.5) is 0 Å². The average molecular weight is 230 g/mol. The highest BCUT2D eigenvalue weighted by Gasteiger charge is 2.18. The molecule has 3 nitrogen and oxygen atoms in total. The quantitative estimate of drug-likeness (QED) is 0.647. The first-order chi connectivity index (χ1) is 7.86. The molecular formula is C13H30N2O. The van der Waals surface area contributed by atoms with Crippen molar-refractivity contribution in [2.24, 2.45) is 0 Å². The fraction of sp³-hybridized carbons (Fsp3) is 1.00. The minimum Gasteiger partial charge on any atom is -0.378 e. The molecule has 98 valence electrons. The molecule has 1 fully saturated rings. The van der Waals surface area contributed by atoms with E-state index in [2.05, 4.69) is 24.1 Å². The molecule has 1 rings (SSSR count). The zero-order valence-corrected chi connectivity index (χ0v) is 11.0. The van der Waals surface area contributed by atoms with Crippen molar-refractivity contribution in [2.45, 2.75) is 45.6 Å². The summed E-state index contributed by atoms with van der Waals surface area (Å²) in [6, 6.07) is 0. The van der Waals surface area contributed by atoms with E-state index in [9.17, 15) is 0 Å². The predicted octanol–water partition coefficient (Wildman–Crippen LogP) is 2.12. The second kappa shape index (κ2) is 8.97. The third-order valence-electron chi connectivity index (χ3n) is 3.18. The monoisotopic (exact) mass is 230 g/mol. The van der Waals surface area contributed by atoms with Gasteiger partial charge in [0.15, 0.2) is 0 Å². The van der Waals surface area contributed by atoms with Crippen LogP contribution in [0.5, 0.6) is 0 Å². The first-order valence-electron chi connectivity index (χ1n) is 6.91. The summed E-state index contributed by atoms with van der Waals surface area (Å²) in [6.07, 6.45) is 5.38. The lowest BCUT2D eigenvalue weighted by molar-refractivity contribution is 0.00680. The van der Waals surface area contributed by atoms with E-state index in [1.54, 1.807) is 0 Å². The van der Waals surface area contributed by atoms with E-state index in [1.807, 2.05) is 0 Å². The molecule has 1 heterocycles. The van der Waals surface area contributed by atoms with Crippen molar-refractivity contribution in [3.8, 4) is 0 Å². The lowest BCUT2D eigenvalue weighted by Gasteiger charge is -2.31. The molecule has 16 heavy (non-hydrogen) atoms. The molecule has 1 aliphatic heterocycles. The van der Waals surface area contributed by atoms with Gasteiger partial charge in [-0.25, -0.2) is 0 Å². The maximum absolute atomic E-state index is 5.89. The van der Waals surface area contributed by atoms with Crippen LogP contribution in [-0.2, 0) is 4.74 Å². The molecule has 1 N–H and O–H groups in total. The fourth-order valence-corrected chi connectivity index (χ4v) is 2.24. The van der Waals surface area contributed by atoms with Crippen molar-refractivity contribution in [2.75, 3.05) is 39.3 Å². The average Bonchev–Trinajstić information content (AvgIpc) is 2.31. The van der Waals surface area contributed by atoms with Gasteiger partial charge >= 0.3 is 0 Å². The second-order valence-corrected chi connectivity index (χ2v) is 4.62. The molecule has 0 radical (unpaired) electrons. The minimum absolute atomic E-state index is 0. The number of piperidine rings is 1. The van der Waals surface area contributed by atoms with Crippen molar-refractivity contribution in [3.63, 3.8) is 0 Å². The van der Waals surface area contributed by atoms with Crippen molar-refractivity contribution in [1.82, 2.24) is 10.2 Å². The van der Waals surface area contributed by atoms with Gasteiger partial charge < -0.3 is 15.0 Å². The van der Waals surface area contributed by atoms with Gasteiger partial charge in [-0.15, -0.1) is 0 Å². The fourth-order valence-electron chi connectivity index (χ4n) is 2.24. The van der Waals surface area contributed by atoms with Crippen molar-refractivity contribution in [1.29, 1.82) is 0 Å². The number of rotatable bonds is 8. The maximum Gasteiger partial charge on any atom is 0.0599 e. The van der Waals surface area contributed by atoms with Crippen molar-refractivity contribution in [3.05, 3.63) is 0 Å². The van der Waals surface area contributed by atoms with Gasteiger partial charge in [-0.1, -0.05) is 13.8 Å². The highest BCUT2D eigenvalue weighted by Crippen LogP contribution is 2.13. The van der Waals surface area contributed by atoms with E-state index in [4.69, 9.17) is 4.74 Å². The zero-order chi connectivity index (χ0) is 11.6. The summed E-state index contributed by atoms with van der Waals surface area (Å²) in [5.74, 6) is 0. The first-order valence-corrected chi connectivity index (χ1v) is 6.91. The van der Waals surface area contributed by atoms with Crippen LogP contribution in [0.1, 0.15) is 41.0 Å². The smallest absolute Gasteiger partial charge is 0.0599 e. The van der Waals surface area contributed by atoms with Crippen LogP contribution in [0.25, 0.3) is 0 Å². The molecule has 1 aliphatic rings. The Hall–Kier alpha value is -0.120. The number of nitrogens with zero attached hydrogens (tertiary/aromatic N) is 1. The lowest BCUT2D eigenvalue weighted by atomic mass is 10.1. The number of ether oxygens (including phenoxy) is 1. The number of hydrogen-bond acceptors (Lipinski definition) is 3. The Morgan fingerprint density at radius 2 is 2.06 bits per heavy atom. The Balaban J connectivity index is 0.00000256. The third kappa shape index (κ3) is 5.83. The van der Waals surface area contributed by atoms with Gasteiger partial charge in [0.25, 0.3) is 0 Å². The minimum atomic E-state index is 0. The second-order valence-electron chi connectivity index (χ2n) is 4.62. The van der Waals surface area contributed by atoms with Crippen LogP contribution >= 0.6 is 0 Å². The molecule has 3 heteroatoms. The maximum atomic E-state index is 5.89. The van der Waals surface area contributed by atoms with Crippen LogP contribution in [0.2, 0.25) is 0 Å². The molecule has 0 amide bonds. The standard InChI is InChI=1S/C13H28N2O.H2/c1-3-9-15-10-6-13(7-11-15)16-12-5-8-14-4-2;/h13-14H,3-12H2,1-2H3;1H. The van der Waals surface area contributed by atoms with E-state index >= 15 is 0 Å². The van der Waals surface area contributed by atoms with Crippen molar-refractivity contribution >= 4 is 0 Å². The summed E-state index contributed by atoms with van der Waals surface area (Å²) in [5.41, 5.74) is 0. The molecule has 0 saturated carbocycles. The van der Waals surface area contributed by atoms with Gasteiger partial charge in [0.2, 0.25) is 0 Å². The normalized spacial score (nSPS) is 19.1. The molecular weight excluding hydrogens is 200 g/mol. The molecule has 0 bridgehead atoms. The van der Waals surface area contributed by atoms with E-state index in [0.717, 1.165) is 26.1 Å². The lowest BCUT2D eigenvalue weighted by Crippen LogP contribution is -2.37. The Morgan fingerprint density at radius 3 is 2.69 bits per heavy atom. The number of nitrogens with one attached hydrogen (secondary N) is 1. The Labute approximate surface area is 102 Å². The number of likely N-dealkylation sites (tertiary alicyclic amines) is 1. The summed E-state index contributed by atoms with van der Waals surface area (Å²) in [6.45, 7) is 11.2. The van der Waals surface area contributed by atoms with Crippen LogP contribution in [0.15, 0.2) is 0 Å². The molecule has 0 spiro atoms. The molecule has 0 aromatic carbocycles. The van der Waals surface area contributed by atoms with Crippen molar-refractivity contribution < 1.29 is 6.16 Å². The topological polar surface area (TPSA) is 24.5 Å². The Morgan fingerprint density at radius 1 is 1.31 bits per heavy atom. The van der Waals surface area contributed by atoms with Crippen LogP contribution in [-0.4, -0.2) is 50.3 Å². The highest BCUT2D eigenvalue weighted by atomic mass is 16.5. The van der Waals surface area contributed by atoms with Gasteiger partial charge in [0.1, 0.15) is 0 Å². The molecule has 0 unspecified atom stereocenters. The molecule has 0 aliphatic carbocycles. The van der Waals surface area contributed by atoms with Crippen LogP contribution in [0, 0.1) is 0 Å². The summed E-state index contributed by atoms with van der Waals surface area (Å²) in [7, 11) is 0. The van der Waals surface area contributed by atoms with E-state index in [0.29, 0.717) is 6.10 Å². The summed E-state index contributed by atoms with van der Waals surface area (Å²) < 4.78 is 5.89. The van der Waals surface area contributed by atoms with Gasteiger partial charge in [0, 0.05) is 21.1 Å². The highest BCUT2D eigenvalue weighted by molar-refractivity contribution is 4.72. The van der Waals surface area contributed by atoms with Crippen LogP contribution < -0.4 is 5.32 Å². The Bertz CT molecular complexity index is 161. The summed E-state index contributed by atoms with van der Waals surface area (Å²) in [5, 5.41) is 3.32. The van der Waals surface area contributed by atoms with Gasteiger partial charge in [-0.05, 0) is 45.3 Å². The molecule has 0 atom stereocenters. The molecule has 0 aromatic rings. The van der Waals surface area contributed by atoms with Gasteiger partial charge in [0.05, 0.1) is 6.10 Å². The SMILES string of the molecule is CCCN1CCC(OCCCNCC)CC1.[HH]. The summed E-state index contributed by atoms with van der Waals surface area (Å²) in [4.78, 5) is 2.55. The number of hydrogen-bond donors (Lipinski definition) is 1.